The number of rotatable bonds is 4. The van der Waals surface area contributed by atoms with Gasteiger partial charge in [-0.3, -0.25) is 0 Å². The molecule has 1 aliphatic carbocycles. The first-order chi connectivity index (χ1) is 9.81. The molecule has 0 aromatic heterocycles. The Balaban J connectivity index is 1.51. The minimum absolute atomic E-state index is 0.151. The molecule has 1 heterocycles. The predicted molar refractivity (Wildman–Crippen MR) is 81.6 cm³/mol. The van der Waals surface area contributed by atoms with Gasteiger partial charge in [-0.25, -0.2) is 4.39 Å². The fourth-order valence-corrected chi connectivity index (χ4v) is 3.58. The highest BCUT2D eigenvalue weighted by atomic mass is 19.1. The van der Waals surface area contributed by atoms with Crippen molar-refractivity contribution in [2.75, 3.05) is 24.5 Å². The first-order valence-electron chi connectivity index (χ1n) is 8.05. The largest absolute Gasteiger partial charge is 0.370 e. The summed E-state index contributed by atoms with van der Waals surface area (Å²) >= 11 is 0. The van der Waals surface area contributed by atoms with Crippen LogP contribution in [0.4, 0.5) is 10.1 Å². The molecule has 1 saturated heterocycles. The van der Waals surface area contributed by atoms with Gasteiger partial charge in [-0.15, -0.1) is 0 Å². The molecule has 1 atom stereocenters. The van der Waals surface area contributed by atoms with E-state index in [9.17, 15) is 4.39 Å². The first kappa shape index (κ1) is 13.9. The Hall–Kier alpha value is -1.09. The lowest BCUT2D eigenvalue weighted by Crippen LogP contribution is -2.46. The molecule has 0 radical (unpaired) electrons. The van der Waals surface area contributed by atoms with Gasteiger partial charge in [0.15, 0.2) is 0 Å². The normalized spacial score (nSPS) is 24.2. The van der Waals surface area contributed by atoms with Crippen LogP contribution in [-0.4, -0.2) is 25.7 Å². The number of hydrogen-bond acceptors (Lipinski definition) is 2. The van der Waals surface area contributed by atoms with E-state index in [-0.39, 0.29) is 5.82 Å². The van der Waals surface area contributed by atoms with E-state index in [1.54, 1.807) is 12.1 Å². The second-order valence-corrected chi connectivity index (χ2v) is 6.32. The summed E-state index contributed by atoms with van der Waals surface area (Å²) in [5.74, 6) is 0.748. The van der Waals surface area contributed by atoms with Gasteiger partial charge in [0.05, 0.1) is 0 Å². The molecule has 2 fully saturated rings. The fourth-order valence-electron chi connectivity index (χ4n) is 3.58. The summed E-state index contributed by atoms with van der Waals surface area (Å²) in [5, 5.41) is 3.76. The summed E-state index contributed by atoms with van der Waals surface area (Å²) in [5.41, 5.74) is 1.15. The summed E-state index contributed by atoms with van der Waals surface area (Å²) in [6, 6.07) is 7.51. The van der Waals surface area contributed by atoms with Crippen molar-refractivity contribution in [2.24, 2.45) is 5.92 Å². The van der Waals surface area contributed by atoms with Crippen LogP contribution >= 0.6 is 0 Å². The number of nitrogens with zero attached hydrogens (tertiary/aromatic N) is 1. The van der Waals surface area contributed by atoms with Crippen molar-refractivity contribution >= 4 is 5.69 Å². The number of anilines is 1. The quantitative estimate of drug-likeness (QED) is 0.904. The van der Waals surface area contributed by atoms with Gasteiger partial charge in [0.25, 0.3) is 0 Å². The van der Waals surface area contributed by atoms with Crippen molar-refractivity contribution in [1.82, 2.24) is 5.32 Å². The standard InChI is InChI=1S/C17H25FN2/c18-15-7-9-17(10-8-15)20-11-3-6-16(13-20)19-12-14-4-1-2-5-14/h7-10,14,16,19H,1-6,11-13H2. The van der Waals surface area contributed by atoms with E-state index in [4.69, 9.17) is 0 Å². The topological polar surface area (TPSA) is 15.3 Å². The van der Waals surface area contributed by atoms with Gasteiger partial charge in [-0.05, 0) is 62.4 Å². The van der Waals surface area contributed by atoms with Crippen LogP contribution in [0.25, 0.3) is 0 Å². The van der Waals surface area contributed by atoms with Crippen molar-refractivity contribution < 1.29 is 4.39 Å². The number of halogens is 1. The van der Waals surface area contributed by atoms with E-state index in [0.717, 1.165) is 24.7 Å². The van der Waals surface area contributed by atoms with Crippen molar-refractivity contribution in [3.63, 3.8) is 0 Å². The summed E-state index contributed by atoms with van der Waals surface area (Å²) in [7, 11) is 0. The molecule has 1 unspecified atom stereocenters. The second-order valence-electron chi connectivity index (χ2n) is 6.32. The van der Waals surface area contributed by atoms with Crippen molar-refractivity contribution in [2.45, 2.75) is 44.6 Å². The average Bonchev–Trinajstić information content (AvgIpc) is 3.00. The van der Waals surface area contributed by atoms with Gasteiger partial charge in [-0.1, -0.05) is 12.8 Å². The van der Waals surface area contributed by atoms with Crippen LogP contribution in [0.1, 0.15) is 38.5 Å². The summed E-state index contributed by atoms with van der Waals surface area (Å²) < 4.78 is 13.0. The number of piperidine rings is 1. The Bertz CT molecular complexity index is 412. The predicted octanol–water partition coefficient (Wildman–Crippen LogP) is 3.57. The van der Waals surface area contributed by atoms with Crippen LogP contribution < -0.4 is 10.2 Å². The molecular weight excluding hydrogens is 251 g/mol. The maximum Gasteiger partial charge on any atom is 0.123 e. The van der Waals surface area contributed by atoms with Crippen LogP contribution in [0.15, 0.2) is 24.3 Å². The first-order valence-corrected chi connectivity index (χ1v) is 8.05. The molecule has 2 nitrogen and oxygen atoms in total. The average molecular weight is 276 g/mol. The van der Waals surface area contributed by atoms with E-state index >= 15 is 0 Å². The molecule has 1 aromatic rings. The number of hydrogen-bond donors (Lipinski definition) is 1. The van der Waals surface area contributed by atoms with Crippen LogP contribution in [0.5, 0.6) is 0 Å². The Labute approximate surface area is 121 Å². The molecule has 1 aliphatic heterocycles. The maximum atomic E-state index is 13.0. The van der Waals surface area contributed by atoms with E-state index in [1.165, 1.54) is 45.1 Å². The minimum atomic E-state index is -0.151. The third-order valence-corrected chi connectivity index (χ3v) is 4.78. The Kier molecular flexibility index (Phi) is 4.56. The molecule has 1 saturated carbocycles. The Morgan fingerprint density at radius 3 is 2.55 bits per heavy atom. The van der Waals surface area contributed by atoms with Crippen molar-refractivity contribution in [3.05, 3.63) is 30.1 Å². The lowest BCUT2D eigenvalue weighted by Gasteiger charge is -2.35. The smallest absolute Gasteiger partial charge is 0.123 e. The second kappa shape index (κ2) is 6.57. The summed E-state index contributed by atoms with van der Waals surface area (Å²) in [6.07, 6.45) is 8.13. The van der Waals surface area contributed by atoms with Gasteiger partial charge in [0.1, 0.15) is 5.82 Å². The lowest BCUT2D eigenvalue weighted by atomic mass is 10.0. The molecular formula is C17H25FN2. The number of nitrogens with one attached hydrogen (secondary N) is 1. The highest BCUT2D eigenvalue weighted by Gasteiger charge is 2.22. The van der Waals surface area contributed by atoms with Crippen LogP contribution in [-0.2, 0) is 0 Å². The zero-order valence-corrected chi connectivity index (χ0v) is 12.2. The lowest BCUT2D eigenvalue weighted by molar-refractivity contribution is 0.383. The van der Waals surface area contributed by atoms with E-state index in [1.807, 2.05) is 12.1 Å². The van der Waals surface area contributed by atoms with Crippen molar-refractivity contribution in [1.29, 1.82) is 0 Å². The monoisotopic (exact) mass is 276 g/mol. The highest BCUT2D eigenvalue weighted by Crippen LogP contribution is 2.25. The van der Waals surface area contributed by atoms with Gasteiger partial charge < -0.3 is 10.2 Å². The third-order valence-electron chi connectivity index (χ3n) is 4.78. The zero-order chi connectivity index (χ0) is 13.8. The van der Waals surface area contributed by atoms with Gasteiger partial charge in [0, 0.05) is 24.8 Å². The molecule has 3 rings (SSSR count). The number of benzene rings is 1. The van der Waals surface area contributed by atoms with Crippen molar-refractivity contribution in [3.8, 4) is 0 Å². The third kappa shape index (κ3) is 3.51. The zero-order valence-electron chi connectivity index (χ0n) is 12.2. The van der Waals surface area contributed by atoms with E-state index in [2.05, 4.69) is 10.2 Å². The molecule has 1 N–H and O–H groups in total. The maximum absolute atomic E-state index is 13.0. The summed E-state index contributed by atoms with van der Waals surface area (Å²) in [4.78, 5) is 2.38. The fraction of sp³-hybridized carbons (Fsp3) is 0.647. The van der Waals surface area contributed by atoms with Gasteiger partial charge >= 0.3 is 0 Å². The molecule has 0 amide bonds. The molecule has 0 bridgehead atoms. The van der Waals surface area contributed by atoms with Gasteiger partial charge in [-0.2, -0.15) is 0 Å². The molecule has 0 spiro atoms. The Morgan fingerprint density at radius 1 is 1.05 bits per heavy atom. The Morgan fingerprint density at radius 2 is 1.80 bits per heavy atom. The van der Waals surface area contributed by atoms with E-state index < -0.39 is 0 Å². The molecule has 1 aromatic carbocycles. The molecule has 3 heteroatoms. The van der Waals surface area contributed by atoms with Gasteiger partial charge in [0.2, 0.25) is 0 Å². The van der Waals surface area contributed by atoms with Crippen LogP contribution in [0.2, 0.25) is 0 Å². The molecule has 2 aliphatic rings. The van der Waals surface area contributed by atoms with Crippen LogP contribution in [0.3, 0.4) is 0 Å². The highest BCUT2D eigenvalue weighted by molar-refractivity contribution is 5.46. The SMILES string of the molecule is Fc1ccc(N2CCCC(NCC3CCCC3)C2)cc1. The summed E-state index contributed by atoms with van der Waals surface area (Å²) in [6.45, 7) is 3.33. The van der Waals surface area contributed by atoms with E-state index in [0.29, 0.717) is 6.04 Å². The molecule has 20 heavy (non-hydrogen) atoms. The minimum Gasteiger partial charge on any atom is -0.370 e. The van der Waals surface area contributed by atoms with Crippen LogP contribution in [0, 0.1) is 11.7 Å². The molecule has 110 valence electrons.